The monoisotopic (exact) mass is 193 g/mol. The summed E-state index contributed by atoms with van der Waals surface area (Å²) in [5.74, 6) is 0.0222. The summed E-state index contributed by atoms with van der Waals surface area (Å²) < 4.78 is 4.98. The zero-order valence-corrected chi connectivity index (χ0v) is 8.78. The van der Waals surface area contributed by atoms with Crippen LogP contribution in [0.25, 0.3) is 0 Å². The molecule has 1 aromatic carbocycles. The van der Waals surface area contributed by atoms with Crippen molar-refractivity contribution in [1.82, 2.24) is 4.90 Å². The third kappa shape index (κ3) is 2.57. The van der Waals surface area contributed by atoms with E-state index in [0.29, 0.717) is 12.2 Å². The van der Waals surface area contributed by atoms with Crippen LogP contribution < -0.4 is 0 Å². The fourth-order valence-electron chi connectivity index (χ4n) is 1.17. The Hall–Kier alpha value is -1.35. The molecule has 0 unspecified atom stereocenters. The highest BCUT2D eigenvalue weighted by Gasteiger charge is 2.06. The molecule has 0 aliphatic carbocycles. The summed E-state index contributed by atoms with van der Waals surface area (Å²) in [7, 11) is 5.13. The summed E-state index contributed by atoms with van der Waals surface area (Å²) in [6.07, 6.45) is 0. The Bertz CT molecular complexity index is 304. The highest BCUT2D eigenvalue weighted by molar-refractivity contribution is 5.93. The first-order valence-electron chi connectivity index (χ1n) is 4.44. The number of nitrogens with zero attached hydrogens (tertiary/aromatic N) is 1. The van der Waals surface area contributed by atoms with Gasteiger partial charge >= 0.3 is 0 Å². The number of rotatable bonds is 3. The van der Waals surface area contributed by atoms with E-state index in [1.165, 1.54) is 0 Å². The average molecular weight is 193 g/mol. The Kier molecular flexibility index (Phi) is 3.65. The Morgan fingerprint density at radius 1 is 1.29 bits per heavy atom. The van der Waals surface area contributed by atoms with E-state index in [1.54, 1.807) is 26.1 Å². The van der Waals surface area contributed by atoms with E-state index in [1.807, 2.05) is 24.3 Å². The third-order valence-electron chi connectivity index (χ3n) is 1.92. The molecule has 1 amide bonds. The second-order valence-corrected chi connectivity index (χ2v) is 3.33. The minimum absolute atomic E-state index is 0.0222. The van der Waals surface area contributed by atoms with Crippen molar-refractivity contribution >= 4 is 5.91 Å². The van der Waals surface area contributed by atoms with E-state index in [4.69, 9.17) is 4.74 Å². The smallest absolute Gasteiger partial charge is 0.253 e. The molecule has 1 rings (SSSR count). The van der Waals surface area contributed by atoms with Crippen molar-refractivity contribution in [3.8, 4) is 0 Å². The van der Waals surface area contributed by atoms with Crippen LogP contribution in [-0.4, -0.2) is 32.0 Å². The van der Waals surface area contributed by atoms with Crippen molar-refractivity contribution in [2.24, 2.45) is 0 Å². The van der Waals surface area contributed by atoms with Gasteiger partial charge in [0, 0.05) is 26.8 Å². The predicted molar refractivity (Wildman–Crippen MR) is 55.2 cm³/mol. The fourth-order valence-corrected chi connectivity index (χ4v) is 1.17. The van der Waals surface area contributed by atoms with Crippen molar-refractivity contribution in [2.75, 3.05) is 21.2 Å². The molecule has 0 saturated heterocycles. The molecule has 0 bridgehead atoms. The third-order valence-corrected chi connectivity index (χ3v) is 1.92. The number of carbonyl (C=O) groups excluding carboxylic acids is 1. The second-order valence-electron chi connectivity index (χ2n) is 3.33. The van der Waals surface area contributed by atoms with Crippen LogP contribution in [0.5, 0.6) is 0 Å². The zero-order chi connectivity index (χ0) is 10.6. The molecule has 76 valence electrons. The van der Waals surface area contributed by atoms with Crippen LogP contribution in [0, 0.1) is 0 Å². The van der Waals surface area contributed by atoms with Gasteiger partial charge in [-0.15, -0.1) is 0 Å². The Morgan fingerprint density at radius 2 is 1.86 bits per heavy atom. The summed E-state index contributed by atoms with van der Waals surface area (Å²) in [4.78, 5) is 13.1. The fraction of sp³-hybridized carbons (Fsp3) is 0.364. The molecule has 0 radical (unpaired) electrons. The maximum absolute atomic E-state index is 11.5. The highest BCUT2D eigenvalue weighted by Crippen LogP contribution is 2.06. The normalized spacial score (nSPS) is 9.93. The number of hydrogen-bond donors (Lipinski definition) is 0. The van der Waals surface area contributed by atoms with E-state index in [0.717, 1.165) is 5.56 Å². The predicted octanol–water partition coefficient (Wildman–Crippen LogP) is 1.53. The first-order valence-corrected chi connectivity index (χ1v) is 4.44. The van der Waals surface area contributed by atoms with Gasteiger partial charge in [-0.1, -0.05) is 12.1 Å². The van der Waals surface area contributed by atoms with Crippen molar-refractivity contribution in [2.45, 2.75) is 6.61 Å². The number of ether oxygens (including phenoxy) is 1. The lowest BCUT2D eigenvalue weighted by atomic mass is 10.1. The number of benzene rings is 1. The standard InChI is InChI=1S/C11H15NO2/c1-12(2)11(13)10-6-4-9(5-7-10)8-14-3/h4-7H,8H2,1-3H3. The Morgan fingerprint density at radius 3 is 2.29 bits per heavy atom. The summed E-state index contributed by atoms with van der Waals surface area (Å²) in [5, 5.41) is 0. The van der Waals surface area contributed by atoms with E-state index in [2.05, 4.69) is 0 Å². The van der Waals surface area contributed by atoms with E-state index in [-0.39, 0.29) is 5.91 Å². The lowest BCUT2D eigenvalue weighted by Crippen LogP contribution is -2.21. The second kappa shape index (κ2) is 4.77. The summed E-state index contributed by atoms with van der Waals surface area (Å²) in [6.45, 7) is 0.580. The van der Waals surface area contributed by atoms with Gasteiger partial charge < -0.3 is 9.64 Å². The molecule has 0 fully saturated rings. The van der Waals surface area contributed by atoms with Gasteiger partial charge in [-0.2, -0.15) is 0 Å². The molecule has 0 atom stereocenters. The van der Waals surface area contributed by atoms with Crippen molar-refractivity contribution in [1.29, 1.82) is 0 Å². The first-order chi connectivity index (χ1) is 6.65. The van der Waals surface area contributed by atoms with Crippen molar-refractivity contribution in [3.05, 3.63) is 35.4 Å². The maximum Gasteiger partial charge on any atom is 0.253 e. The molecular weight excluding hydrogens is 178 g/mol. The van der Waals surface area contributed by atoms with Gasteiger partial charge in [0.25, 0.3) is 5.91 Å². The molecule has 0 heterocycles. The van der Waals surface area contributed by atoms with Gasteiger partial charge in [0.1, 0.15) is 0 Å². The van der Waals surface area contributed by atoms with Crippen LogP contribution in [-0.2, 0) is 11.3 Å². The number of methoxy groups -OCH3 is 1. The first kappa shape index (κ1) is 10.7. The maximum atomic E-state index is 11.5. The summed E-state index contributed by atoms with van der Waals surface area (Å²) in [5.41, 5.74) is 1.78. The van der Waals surface area contributed by atoms with Gasteiger partial charge in [-0.05, 0) is 17.7 Å². The zero-order valence-electron chi connectivity index (χ0n) is 8.78. The Balaban J connectivity index is 2.78. The number of carbonyl (C=O) groups is 1. The lowest BCUT2D eigenvalue weighted by molar-refractivity contribution is 0.0827. The number of amides is 1. The van der Waals surface area contributed by atoms with Gasteiger partial charge in [-0.25, -0.2) is 0 Å². The summed E-state index contributed by atoms with van der Waals surface area (Å²) >= 11 is 0. The van der Waals surface area contributed by atoms with E-state index < -0.39 is 0 Å². The SMILES string of the molecule is COCc1ccc(C(=O)N(C)C)cc1. The van der Waals surface area contributed by atoms with Gasteiger partial charge in [0.05, 0.1) is 6.61 Å². The van der Waals surface area contributed by atoms with Crippen molar-refractivity contribution < 1.29 is 9.53 Å². The minimum atomic E-state index is 0.0222. The Labute approximate surface area is 84.3 Å². The molecule has 1 aromatic rings. The van der Waals surface area contributed by atoms with Crippen LogP contribution in [0.3, 0.4) is 0 Å². The average Bonchev–Trinajstić information content (AvgIpc) is 2.18. The van der Waals surface area contributed by atoms with Gasteiger partial charge in [-0.3, -0.25) is 4.79 Å². The lowest BCUT2D eigenvalue weighted by Gasteiger charge is -2.10. The van der Waals surface area contributed by atoms with Crippen LogP contribution in [0.1, 0.15) is 15.9 Å². The molecule has 3 nitrogen and oxygen atoms in total. The van der Waals surface area contributed by atoms with Gasteiger partial charge in [0.2, 0.25) is 0 Å². The molecule has 0 saturated carbocycles. The molecule has 0 aliphatic rings. The van der Waals surface area contributed by atoms with Crippen molar-refractivity contribution in [3.63, 3.8) is 0 Å². The largest absolute Gasteiger partial charge is 0.380 e. The molecule has 0 aromatic heterocycles. The van der Waals surface area contributed by atoms with E-state index >= 15 is 0 Å². The summed E-state index contributed by atoms with van der Waals surface area (Å²) in [6, 6.07) is 7.44. The highest BCUT2D eigenvalue weighted by atomic mass is 16.5. The molecule has 0 spiro atoms. The van der Waals surface area contributed by atoms with Crippen LogP contribution in [0.2, 0.25) is 0 Å². The topological polar surface area (TPSA) is 29.5 Å². The molecule has 0 N–H and O–H groups in total. The molecule has 3 heteroatoms. The van der Waals surface area contributed by atoms with Gasteiger partial charge in [0.15, 0.2) is 0 Å². The quantitative estimate of drug-likeness (QED) is 0.728. The van der Waals surface area contributed by atoms with Crippen LogP contribution in [0.15, 0.2) is 24.3 Å². The molecule has 0 aliphatic heterocycles. The van der Waals surface area contributed by atoms with Crippen LogP contribution >= 0.6 is 0 Å². The molecular formula is C11H15NO2. The number of hydrogen-bond acceptors (Lipinski definition) is 2. The van der Waals surface area contributed by atoms with E-state index in [9.17, 15) is 4.79 Å². The minimum Gasteiger partial charge on any atom is -0.380 e. The molecule has 14 heavy (non-hydrogen) atoms. The van der Waals surface area contributed by atoms with Crippen LogP contribution in [0.4, 0.5) is 0 Å².